The average Bonchev–Trinajstić information content (AvgIpc) is 2.26. The summed E-state index contributed by atoms with van der Waals surface area (Å²) in [7, 11) is 0. The molecule has 3 nitrogen and oxygen atoms in total. The molecule has 1 N–H and O–H groups in total. The normalized spacial score (nSPS) is 11.8. The lowest BCUT2D eigenvalue weighted by Gasteiger charge is -2.10. The van der Waals surface area contributed by atoms with Crippen LogP contribution in [0.5, 0.6) is 0 Å². The number of rotatable bonds is 5. The minimum absolute atomic E-state index is 0.0996. The largest absolute Gasteiger partial charge is 0.481 e. The zero-order chi connectivity index (χ0) is 12.8. The maximum Gasteiger partial charge on any atom is 0.304 e. The number of hydrogen-bond acceptors (Lipinski definition) is 3. The molecule has 17 heavy (non-hydrogen) atoms. The quantitative estimate of drug-likeness (QED) is 0.871. The Balaban J connectivity index is 2.58. The van der Waals surface area contributed by atoms with Crippen LogP contribution in [0.2, 0.25) is 0 Å². The smallest absolute Gasteiger partial charge is 0.304 e. The van der Waals surface area contributed by atoms with Gasteiger partial charge in [-0.25, -0.2) is 0 Å². The van der Waals surface area contributed by atoms with Gasteiger partial charge in [0.05, 0.1) is 18.1 Å². The third-order valence-electron chi connectivity index (χ3n) is 2.46. The van der Waals surface area contributed by atoms with Crippen LogP contribution in [-0.4, -0.2) is 16.3 Å². The lowest BCUT2D eigenvalue weighted by molar-refractivity contribution is -0.136. The molecule has 0 bridgehead atoms. The number of carboxylic acid groups (broad SMARTS) is 1. The molecule has 1 aromatic rings. The van der Waals surface area contributed by atoms with Crippen LogP contribution in [0.1, 0.15) is 30.0 Å². The highest BCUT2D eigenvalue weighted by Crippen LogP contribution is 2.22. The number of hydrogen-bond donors (Lipinski definition) is 1. The summed E-state index contributed by atoms with van der Waals surface area (Å²) in [6, 6.07) is 7.70. The van der Waals surface area contributed by atoms with E-state index < -0.39 is 5.97 Å². The SMILES string of the molecule is Cc1cc(C#N)ccc1CSC(C)CC(=O)O. The van der Waals surface area contributed by atoms with Crippen molar-refractivity contribution in [3.63, 3.8) is 0 Å². The van der Waals surface area contributed by atoms with Crippen molar-refractivity contribution in [2.75, 3.05) is 0 Å². The highest BCUT2D eigenvalue weighted by molar-refractivity contribution is 7.99. The van der Waals surface area contributed by atoms with Crippen LogP contribution in [0.15, 0.2) is 18.2 Å². The Morgan fingerprint density at radius 1 is 1.59 bits per heavy atom. The Bertz CT molecular complexity index is 451. The van der Waals surface area contributed by atoms with Gasteiger partial charge in [0.25, 0.3) is 0 Å². The maximum atomic E-state index is 10.5. The minimum atomic E-state index is -0.762. The van der Waals surface area contributed by atoms with E-state index in [0.29, 0.717) is 5.56 Å². The molecule has 0 spiro atoms. The van der Waals surface area contributed by atoms with Gasteiger partial charge in [0.1, 0.15) is 0 Å². The van der Waals surface area contributed by atoms with Gasteiger partial charge < -0.3 is 5.11 Å². The van der Waals surface area contributed by atoms with Crippen molar-refractivity contribution in [2.24, 2.45) is 0 Å². The molecule has 0 aliphatic carbocycles. The van der Waals surface area contributed by atoms with E-state index in [1.165, 1.54) is 0 Å². The summed E-state index contributed by atoms with van der Waals surface area (Å²) < 4.78 is 0. The average molecular weight is 249 g/mol. The maximum absolute atomic E-state index is 10.5. The van der Waals surface area contributed by atoms with E-state index >= 15 is 0 Å². The number of nitriles is 1. The van der Waals surface area contributed by atoms with Crippen LogP contribution >= 0.6 is 11.8 Å². The summed E-state index contributed by atoms with van der Waals surface area (Å²) in [5.41, 5.74) is 2.90. The lowest BCUT2D eigenvalue weighted by atomic mass is 10.1. The highest BCUT2D eigenvalue weighted by Gasteiger charge is 2.09. The molecule has 1 unspecified atom stereocenters. The number of thioether (sulfide) groups is 1. The predicted molar refractivity (Wildman–Crippen MR) is 68.9 cm³/mol. The highest BCUT2D eigenvalue weighted by atomic mass is 32.2. The molecule has 0 aromatic heterocycles. The topological polar surface area (TPSA) is 61.1 Å². The van der Waals surface area contributed by atoms with Gasteiger partial charge in [-0.15, -0.1) is 0 Å². The summed E-state index contributed by atoms with van der Waals surface area (Å²) in [5, 5.41) is 17.5. The van der Waals surface area contributed by atoms with Crippen molar-refractivity contribution < 1.29 is 9.90 Å². The Labute approximate surface area is 105 Å². The molecule has 0 saturated heterocycles. The van der Waals surface area contributed by atoms with Gasteiger partial charge in [-0.3, -0.25) is 4.79 Å². The summed E-state index contributed by atoms with van der Waals surface area (Å²) in [6.45, 7) is 3.89. The van der Waals surface area contributed by atoms with Crippen LogP contribution in [0.3, 0.4) is 0 Å². The molecule has 0 saturated carbocycles. The molecule has 0 radical (unpaired) electrons. The molecule has 0 amide bonds. The fourth-order valence-corrected chi connectivity index (χ4v) is 2.51. The van der Waals surface area contributed by atoms with Crippen LogP contribution in [-0.2, 0) is 10.5 Å². The fraction of sp³-hybridized carbons (Fsp3) is 0.385. The van der Waals surface area contributed by atoms with E-state index in [2.05, 4.69) is 6.07 Å². The number of aryl methyl sites for hydroxylation is 1. The second kappa shape index (κ2) is 6.31. The molecule has 0 aliphatic rings. The van der Waals surface area contributed by atoms with Crippen LogP contribution in [0.4, 0.5) is 0 Å². The Morgan fingerprint density at radius 2 is 2.29 bits per heavy atom. The molecular formula is C13H15NO2S. The van der Waals surface area contributed by atoms with Gasteiger partial charge in [-0.05, 0) is 30.2 Å². The van der Waals surface area contributed by atoms with E-state index in [1.54, 1.807) is 17.8 Å². The predicted octanol–water partition coefficient (Wildman–Crippen LogP) is 2.96. The first-order valence-electron chi connectivity index (χ1n) is 5.36. The van der Waals surface area contributed by atoms with Crippen LogP contribution in [0, 0.1) is 18.3 Å². The molecule has 0 aliphatic heterocycles. The van der Waals surface area contributed by atoms with E-state index in [-0.39, 0.29) is 11.7 Å². The monoisotopic (exact) mass is 249 g/mol. The molecule has 0 fully saturated rings. The first-order valence-corrected chi connectivity index (χ1v) is 6.41. The van der Waals surface area contributed by atoms with E-state index in [4.69, 9.17) is 10.4 Å². The molecule has 1 rings (SSSR count). The van der Waals surface area contributed by atoms with Gasteiger partial charge in [0.2, 0.25) is 0 Å². The number of nitrogens with zero attached hydrogens (tertiary/aromatic N) is 1. The molecule has 90 valence electrons. The number of carboxylic acids is 1. The summed E-state index contributed by atoms with van der Waals surface area (Å²) in [4.78, 5) is 10.5. The lowest BCUT2D eigenvalue weighted by Crippen LogP contribution is -2.06. The zero-order valence-corrected chi connectivity index (χ0v) is 10.8. The standard InChI is InChI=1S/C13H15NO2S/c1-9-5-11(7-14)3-4-12(9)8-17-10(2)6-13(15)16/h3-5,10H,6,8H2,1-2H3,(H,15,16). The van der Waals surface area contributed by atoms with Crippen molar-refractivity contribution in [3.8, 4) is 6.07 Å². The van der Waals surface area contributed by atoms with Crippen LogP contribution < -0.4 is 0 Å². The molecule has 0 heterocycles. The van der Waals surface area contributed by atoms with E-state index in [9.17, 15) is 4.79 Å². The summed E-state index contributed by atoms with van der Waals surface area (Å²) >= 11 is 1.62. The van der Waals surface area contributed by atoms with Crippen molar-refractivity contribution in [1.82, 2.24) is 0 Å². The number of carbonyl (C=O) groups is 1. The first-order chi connectivity index (χ1) is 8.02. The Hall–Kier alpha value is -1.47. The van der Waals surface area contributed by atoms with Crippen molar-refractivity contribution in [1.29, 1.82) is 5.26 Å². The minimum Gasteiger partial charge on any atom is -0.481 e. The second-order valence-electron chi connectivity index (χ2n) is 3.97. The van der Waals surface area contributed by atoms with Gasteiger partial charge in [0.15, 0.2) is 0 Å². The molecule has 1 atom stereocenters. The summed E-state index contributed by atoms with van der Waals surface area (Å²) in [5.74, 6) is 0.0213. The summed E-state index contributed by atoms with van der Waals surface area (Å²) in [6.07, 6.45) is 0.181. The van der Waals surface area contributed by atoms with E-state index in [0.717, 1.165) is 16.9 Å². The van der Waals surface area contributed by atoms with Gasteiger partial charge in [0, 0.05) is 11.0 Å². The van der Waals surface area contributed by atoms with Crippen molar-refractivity contribution >= 4 is 17.7 Å². The Morgan fingerprint density at radius 3 is 2.82 bits per heavy atom. The number of benzene rings is 1. The molecule has 1 aromatic carbocycles. The number of aliphatic carboxylic acids is 1. The van der Waals surface area contributed by atoms with Crippen molar-refractivity contribution in [3.05, 3.63) is 34.9 Å². The third-order valence-corrected chi connectivity index (χ3v) is 3.67. The third kappa shape index (κ3) is 4.49. The Kier molecular flexibility index (Phi) is 5.05. The van der Waals surface area contributed by atoms with E-state index in [1.807, 2.05) is 26.0 Å². The van der Waals surface area contributed by atoms with Crippen molar-refractivity contribution in [2.45, 2.75) is 31.3 Å². The molecular weight excluding hydrogens is 234 g/mol. The first kappa shape index (κ1) is 13.6. The van der Waals surface area contributed by atoms with Gasteiger partial charge in [-0.2, -0.15) is 17.0 Å². The van der Waals surface area contributed by atoms with Gasteiger partial charge >= 0.3 is 5.97 Å². The second-order valence-corrected chi connectivity index (χ2v) is 5.40. The fourth-order valence-electron chi connectivity index (χ4n) is 1.46. The van der Waals surface area contributed by atoms with Gasteiger partial charge in [-0.1, -0.05) is 13.0 Å². The zero-order valence-electron chi connectivity index (χ0n) is 9.93. The van der Waals surface area contributed by atoms with Crippen LogP contribution in [0.25, 0.3) is 0 Å². The molecule has 4 heteroatoms.